The number of hydrogen-bond donors (Lipinski definition) is 0. The van der Waals surface area contributed by atoms with Gasteiger partial charge >= 0.3 is 18.3 Å². The van der Waals surface area contributed by atoms with E-state index >= 15 is 0 Å². The van der Waals surface area contributed by atoms with Gasteiger partial charge in [-0.25, -0.2) is 4.84 Å². The van der Waals surface area contributed by atoms with Gasteiger partial charge in [-0.05, 0) is 13.8 Å². The standard InChI is InChI=1S/C11H18F3NO5/c1-3-18-9(16)5-7-15(20-11(12,13)14)8-6-10(17)19-4-2/h3-8H2,1-2H3. The van der Waals surface area contributed by atoms with Crippen LogP contribution in [-0.4, -0.2) is 49.7 Å². The van der Waals surface area contributed by atoms with Crippen LogP contribution in [0.15, 0.2) is 0 Å². The van der Waals surface area contributed by atoms with Gasteiger partial charge in [0.1, 0.15) is 0 Å². The molecule has 0 spiro atoms. The number of alkyl halides is 3. The van der Waals surface area contributed by atoms with Crippen LogP contribution in [0.5, 0.6) is 0 Å². The maximum absolute atomic E-state index is 12.2. The number of nitrogens with zero attached hydrogens (tertiary/aromatic N) is 1. The lowest BCUT2D eigenvalue weighted by atomic mass is 10.4. The molecule has 0 aliphatic carbocycles. The Labute approximate surface area is 114 Å². The predicted octanol–water partition coefficient (Wildman–Crippen LogP) is 1.65. The lowest BCUT2D eigenvalue weighted by Crippen LogP contribution is -2.35. The Morgan fingerprint density at radius 3 is 1.65 bits per heavy atom. The van der Waals surface area contributed by atoms with E-state index in [4.69, 9.17) is 0 Å². The van der Waals surface area contributed by atoms with Crippen LogP contribution in [-0.2, 0) is 23.9 Å². The molecule has 0 atom stereocenters. The Morgan fingerprint density at radius 1 is 0.950 bits per heavy atom. The molecule has 118 valence electrons. The number of ether oxygens (including phenoxy) is 2. The molecular weight excluding hydrogens is 283 g/mol. The number of hydroxylamine groups is 2. The minimum atomic E-state index is -4.89. The third kappa shape index (κ3) is 10.6. The zero-order valence-electron chi connectivity index (χ0n) is 11.4. The molecule has 0 aliphatic rings. The highest BCUT2D eigenvalue weighted by atomic mass is 19.4. The number of hydrogen-bond acceptors (Lipinski definition) is 6. The van der Waals surface area contributed by atoms with E-state index in [0.29, 0.717) is 5.06 Å². The van der Waals surface area contributed by atoms with Gasteiger partial charge < -0.3 is 9.47 Å². The lowest BCUT2D eigenvalue weighted by Gasteiger charge is -2.21. The Morgan fingerprint density at radius 2 is 1.35 bits per heavy atom. The summed E-state index contributed by atoms with van der Waals surface area (Å²) >= 11 is 0. The molecule has 0 saturated carbocycles. The zero-order valence-corrected chi connectivity index (χ0v) is 11.4. The lowest BCUT2D eigenvalue weighted by molar-refractivity contribution is -0.414. The minimum Gasteiger partial charge on any atom is -0.466 e. The van der Waals surface area contributed by atoms with Crippen molar-refractivity contribution in [1.82, 2.24) is 5.06 Å². The number of halogens is 3. The number of carbonyl (C=O) groups excluding carboxylic acids is 2. The van der Waals surface area contributed by atoms with Gasteiger partial charge in [-0.15, -0.1) is 13.2 Å². The summed E-state index contributed by atoms with van der Waals surface area (Å²) in [4.78, 5) is 25.9. The summed E-state index contributed by atoms with van der Waals surface area (Å²) in [6.07, 6.45) is -5.43. The number of carbonyl (C=O) groups is 2. The second-order valence-electron chi connectivity index (χ2n) is 3.58. The van der Waals surface area contributed by atoms with E-state index in [9.17, 15) is 22.8 Å². The highest BCUT2D eigenvalue weighted by Crippen LogP contribution is 2.18. The average Bonchev–Trinajstić information content (AvgIpc) is 2.32. The topological polar surface area (TPSA) is 65.1 Å². The molecule has 0 aliphatic heterocycles. The van der Waals surface area contributed by atoms with Crippen LogP contribution in [0, 0.1) is 0 Å². The molecule has 0 saturated heterocycles. The summed E-state index contributed by atoms with van der Waals surface area (Å²) in [6.45, 7) is 2.78. The average molecular weight is 301 g/mol. The van der Waals surface area contributed by atoms with E-state index in [0.717, 1.165) is 0 Å². The van der Waals surface area contributed by atoms with Gasteiger partial charge in [0.2, 0.25) is 0 Å². The molecule has 0 N–H and O–H groups in total. The van der Waals surface area contributed by atoms with E-state index in [1.54, 1.807) is 13.8 Å². The van der Waals surface area contributed by atoms with Crippen molar-refractivity contribution in [1.29, 1.82) is 0 Å². The van der Waals surface area contributed by atoms with Crippen LogP contribution < -0.4 is 0 Å². The largest absolute Gasteiger partial charge is 0.539 e. The van der Waals surface area contributed by atoms with Crippen molar-refractivity contribution in [2.24, 2.45) is 0 Å². The first-order valence-corrected chi connectivity index (χ1v) is 6.10. The Balaban J connectivity index is 4.27. The van der Waals surface area contributed by atoms with Gasteiger partial charge in [-0.3, -0.25) is 9.59 Å². The molecule has 0 rings (SSSR count). The predicted molar refractivity (Wildman–Crippen MR) is 61.2 cm³/mol. The maximum atomic E-state index is 12.2. The molecule has 0 fully saturated rings. The molecule has 0 aromatic carbocycles. The Bertz CT molecular complexity index is 287. The van der Waals surface area contributed by atoms with Crippen molar-refractivity contribution in [3.05, 3.63) is 0 Å². The Kier molecular flexibility index (Phi) is 8.89. The summed E-state index contributed by atoms with van der Waals surface area (Å²) < 4.78 is 45.6. The van der Waals surface area contributed by atoms with E-state index in [2.05, 4.69) is 14.3 Å². The van der Waals surface area contributed by atoms with Gasteiger partial charge in [0.05, 0.1) is 26.1 Å². The van der Waals surface area contributed by atoms with Gasteiger partial charge in [0.15, 0.2) is 0 Å². The molecule has 0 unspecified atom stereocenters. The van der Waals surface area contributed by atoms with Crippen molar-refractivity contribution in [2.75, 3.05) is 26.3 Å². The van der Waals surface area contributed by atoms with Crippen LogP contribution in [0.25, 0.3) is 0 Å². The van der Waals surface area contributed by atoms with E-state index in [1.807, 2.05) is 0 Å². The van der Waals surface area contributed by atoms with Crippen molar-refractivity contribution >= 4 is 11.9 Å². The van der Waals surface area contributed by atoms with Crippen molar-refractivity contribution < 1.29 is 37.1 Å². The molecule has 0 aromatic rings. The van der Waals surface area contributed by atoms with Gasteiger partial charge in [-0.2, -0.15) is 5.06 Å². The van der Waals surface area contributed by atoms with Crippen molar-refractivity contribution in [2.45, 2.75) is 33.1 Å². The molecule has 0 amide bonds. The van der Waals surface area contributed by atoms with Crippen LogP contribution >= 0.6 is 0 Å². The highest BCUT2D eigenvalue weighted by molar-refractivity contribution is 5.70. The first-order valence-electron chi connectivity index (χ1n) is 6.10. The van der Waals surface area contributed by atoms with E-state index < -0.39 is 18.3 Å². The fourth-order valence-electron chi connectivity index (χ4n) is 1.25. The molecule has 0 bridgehead atoms. The summed E-state index contributed by atoms with van der Waals surface area (Å²) in [5, 5.41) is 0.494. The molecular formula is C11H18F3NO5. The summed E-state index contributed by atoms with van der Waals surface area (Å²) in [5.74, 6) is -1.28. The smallest absolute Gasteiger partial charge is 0.466 e. The third-order valence-corrected chi connectivity index (χ3v) is 1.97. The second kappa shape index (κ2) is 9.54. The molecule has 6 nitrogen and oxygen atoms in total. The SMILES string of the molecule is CCOC(=O)CCN(CCC(=O)OCC)OC(F)(F)F. The maximum Gasteiger partial charge on any atom is 0.539 e. The van der Waals surface area contributed by atoms with Gasteiger partial charge in [0, 0.05) is 13.1 Å². The minimum absolute atomic E-state index is 0.141. The first kappa shape index (κ1) is 18.7. The van der Waals surface area contributed by atoms with Crippen molar-refractivity contribution in [3.63, 3.8) is 0 Å². The molecule has 0 heterocycles. The highest BCUT2D eigenvalue weighted by Gasteiger charge is 2.33. The zero-order chi connectivity index (χ0) is 15.6. The fraction of sp³-hybridized carbons (Fsp3) is 0.818. The van der Waals surface area contributed by atoms with Crippen molar-refractivity contribution in [3.8, 4) is 0 Å². The second-order valence-corrected chi connectivity index (χ2v) is 3.58. The van der Waals surface area contributed by atoms with Crippen LogP contribution in [0.3, 0.4) is 0 Å². The molecule has 0 radical (unpaired) electrons. The summed E-state index contributed by atoms with van der Waals surface area (Å²) in [6, 6.07) is 0. The molecule has 0 aromatic heterocycles. The normalized spacial score (nSPS) is 11.5. The van der Waals surface area contributed by atoms with Gasteiger partial charge in [0.25, 0.3) is 0 Å². The van der Waals surface area contributed by atoms with E-state index in [1.165, 1.54) is 0 Å². The van der Waals surface area contributed by atoms with Gasteiger partial charge in [-0.1, -0.05) is 0 Å². The van der Waals surface area contributed by atoms with Crippen LogP contribution in [0.2, 0.25) is 0 Å². The quantitative estimate of drug-likeness (QED) is 0.476. The van der Waals surface area contributed by atoms with E-state index in [-0.39, 0.29) is 39.1 Å². The molecule has 9 heteroatoms. The summed E-state index contributed by atoms with van der Waals surface area (Å²) in [5.41, 5.74) is 0. The monoisotopic (exact) mass is 301 g/mol. The van der Waals surface area contributed by atoms with Crippen LogP contribution in [0.4, 0.5) is 13.2 Å². The summed E-state index contributed by atoms with van der Waals surface area (Å²) in [7, 11) is 0. The molecule has 20 heavy (non-hydrogen) atoms. The first-order chi connectivity index (χ1) is 9.28. The number of esters is 2. The fourth-order valence-corrected chi connectivity index (χ4v) is 1.25. The third-order valence-electron chi connectivity index (χ3n) is 1.97. The Hall–Kier alpha value is -1.35. The van der Waals surface area contributed by atoms with Crippen LogP contribution in [0.1, 0.15) is 26.7 Å². The number of rotatable bonds is 9.